The average Bonchev–Trinajstić information content (AvgIpc) is 2.63. The van der Waals surface area contributed by atoms with Crippen molar-refractivity contribution < 1.29 is 22.7 Å². The molecule has 1 rings (SSSR count). The van der Waals surface area contributed by atoms with E-state index in [1.165, 1.54) is 0 Å². The summed E-state index contributed by atoms with van der Waals surface area (Å²) in [6.45, 7) is 15.0. The van der Waals surface area contributed by atoms with Gasteiger partial charge in [-0.25, -0.2) is 13.1 Å². The molecule has 10 heteroatoms. The molecule has 0 aliphatic heterocycles. The molecule has 0 aromatic heterocycles. The number of nitriles is 1. The fourth-order valence-electron chi connectivity index (χ4n) is 2.01. The van der Waals surface area contributed by atoms with Crippen LogP contribution in [0.1, 0.15) is 12.0 Å². The Hall–Kier alpha value is -1.97. The summed E-state index contributed by atoms with van der Waals surface area (Å²) in [4.78, 5) is 6.25. The Balaban J connectivity index is 3.12. The van der Waals surface area contributed by atoms with Crippen molar-refractivity contribution in [3.63, 3.8) is 0 Å². The van der Waals surface area contributed by atoms with Gasteiger partial charge in [0, 0.05) is 5.30 Å². The van der Waals surface area contributed by atoms with Gasteiger partial charge in [0.2, 0.25) is 20.5 Å². The second-order valence-electron chi connectivity index (χ2n) is 5.43. The van der Waals surface area contributed by atoms with Crippen molar-refractivity contribution >= 4 is 20.3 Å². The lowest BCUT2D eigenvalue weighted by Gasteiger charge is -2.23. The molecule has 0 amide bonds. The van der Waals surface area contributed by atoms with E-state index in [-0.39, 0.29) is 39.3 Å². The number of hydrogen-bond donors (Lipinski definition) is 0. The molecular formula is C17H21N3O5P2. The van der Waals surface area contributed by atoms with Crippen LogP contribution in [0.2, 0.25) is 0 Å². The average molecular weight is 409 g/mol. The number of hydrogen-bond acceptors (Lipinski definition) is 6. The molecule has 144 valence electrons. The summed E-state index contributed by atoms with van der Waals surface area (Å²) in [6.07, 6.45) is 0.0251. The van der Waals surface area contributed by atoms with Crippen LogP contribution in [0.25, 0.3) is 9.69 Å². The molecule has 0 aliphatic rings. The number of benzene rings is 1. The highest BCUT2D eigenvalue weighted by molar-refractivity contribution is 7.78. The third kappa shape index (κ3) is 8.06. The molecule has 0 saturated heterocycles. The van der Waals surface area contributed by atoms with Gasteiger partial charge in [-0.1, -0.05) is 17.7 Å². The standard InChI is InChI=1S/C17H21N3O5P2/c1-16-5-7-17(8-6-16)26(21,23-12-4-9-18)15-27(22,24-13-10-19-2)25-14-11-20-3/h5-8H,4,10-15H2,1H3. The van der Waals surface area contributed by atoms with Crippen LogP contribution in [0.3, 0.4) is 0 Å². The second kappa shape index (κ2) is 11.7. The second-order valence-corrected chi connectivity index (χ2v) is 10.4. The quantitative estimate of drug-likeness (QED) is 0.296. The molecule has 0 saturated carbocycles. The Morgan fingerprint density at radius 2 is 1.56 bits per heavy atom. The molecule has 1 atom stereocenters. The molecule has 1 aromatic rings. The topological polar surface area (TPSA) is 94.3 Å². The van der Waals surface area contributed by atoms with Crippen LogP contribution >= 0.6 is 15.0 Å². The molecule has 0 spiro atoms. The van der Waals surface area contributed by atoms with E-state index >= 15 is 0 Å². The fourth-order valence-corrected chi connectivity index (χ4v) is 7.40. The minimum atomic E-state index is -3.88. The first-order valence-corrected chi connectivity index (χ1v) is 11.7. The summed E-state index contributed by atoms with van der Waals surface area (Å²) < 4.78 is 42.6. The molecule has 0 radical (unpaired) electrons. The zero-order valence-electron chi connectivity index (χ0n) is 15.0. The van der Waals surface area contributed by atoms with E-state index in [0.717, 1.165) is 5.56 Å². The van der Waals surface area contributed by atoms with Crippen molar-refractivity contribution in [3.8, 4) is 6.07 Å². The highest BCUT2D eigenvalue weighted by atomic mass is 31.2. The van der Waals surface area contributed by atoms with E-state index in [4.69, 9.17) is 32.0 Å². The molecule has 0 aliphatic carbocycles. The van der Waals surface area contributed by atoms with Crippen molar-refractivity contribution in [3.05, 3.63) is 52.7 Å². The van der Waals surface area contributed by atoms with Gasteiger partial charge in [-0.3, -0.25) is 9.13 Å². The third-order valence-corrected chi connectivity index (χ3v) is 8.99. The van der Waals surface area contributed by atoms with Gasteiger partial charge in [0.1, 0.15) is 19.1 Å². The Morgan fingerprint density at radius 3 is 2.04 bits per heavy atom. The minimum Gasteiger partial charge on any atom is -0.324 e. The van der Waals surface area contributed by atoms with Gasteiger partial charge in [-0.05, 0) is 19.1 Å². The predicted molar refractivity (Wildman–Crippen MR) is 102 cm³/mol. The van der Waals surface area contributed by atoms with E-state index in [1.807, 2.05) is 13.0 Å². The maximum atomic E-state index is 13.5. The minimum absolute atomic E-state index is 0.0251. The number of aryl methyl sites for hydroxylation is 1. The van der Waals surface area contributed by atoms with Crippen LogP contribution in [0.5, 0.6) is 0 Å². The van der Waals surface area contributed by atoms with Crippen LogP contribution in [0.15, 0.2) is 24.3 Å². The third-order valence-electron chi connectivity index (χ3n) is 3.28. The molecule has 0 heterocycles. The molecule has 0 bridgehead atoms. The van der Waals surface area contributed by atoms with E-state index in [2.05, 4.69) is 9.69 Å². The van der Waals surface area contributed by atoms with Gasteiger partial charge in [-0.15, -0.1) is 0 Å². The molecule has 1 aromatic carbocycles. The maximum absolute atomic E-state index is 13.5. The van der Waals surface area contributed by atoms with E-state index < -0.39 is 20.9 Å². The van der Waals surface area contributed by atoms with Gasteiger partial charge in [-0.2, -0.15) is 5.26 Å². The summed E-state index contributed by atoms with van der Waals surface area (Å²) in [5.74, 6) is -0.523. The summed E-state index contributed by atoms with van der Waals surface area (Å²) in [5, 5.41) is 9.05. The zero-order valence-corrected chi connectivity index (χ0v) is 16.8. The molecule has 8 nitrogen and oxygen atoms in total. The van der Waals surface area contributed by atoms with Gasteiger partial charge < -0.3 is 23.3 Å². The highest BCUT2D eigenvalue weighted by Gasteiger charge is 2.39. The highest BCUT2D eigenvalue weighted by Crippen LogP contribution is 2.62. The lowest BCUT2D eigenvalue weighted by molar-refractivity contribution is 0.220. The Labute approximate surface area is 159 Å². The molecule has 27 heavy (non-hydrogen) atoms. The SMILES string of the molecule is [C-]#[N+]CCOP(=O)(CP(=O)(OCCC#N)c1ccc(C)cc1)OCC[N+]#[C-]. The largest absolute Gasteiger partial charge is 0.341 e. The van der Waals surface area contributed by atoms with Crippen molar-refractivity contribution in [1.29, 1.82) is 5.26 Å². The van der Waals surface area contributed by atoms with Crippen molar-refractivity contribution in [2.45, 2.75) is 13.3 Å². The summed E-state index contributed by atoms with van der Waals surface area (Å²) >= 11 is 0. The predicted octanol–water partition coefficient (Wildman–Crippen LogP) is 3.85. The Kier molecular flexibility index (Phi) is 9.98. The van der Waals surface area contributed by atoms with Gasteiger partial charge in [0.05, 0.1) is 19.1 Å². The van der Waals surface area contributed by atoms with Crippen molar-refractivity contribution in [2.24, 2.45) is 0 Å². The van der Waals surface area contributed by atoms with Crippen LogP contribution < -0.4 is 5.30 Å². The number of rotatable bonds is 12. The normalized spacial score (nSPS) is 13.1. The van der Waals surface area contributed by atoms with Crippen LogP contribution in [-0.2, 0) is 22.7 Å². The lowest BCUT2D eigenvalue weighted by atomic mass is 10.2. The van der Waals surface area contributed by atoms with Crippen molar-refractivity contribution in [1.82, 2.24) is 0 Å². The summed E-state index contributed by atoms with van der Waals surface area (Å²) in [7, 11) is -7.54. The summed E-state index contributed by atoms with van der Waals surface area (Å²) in [6, 6.07) is 8.64. The molecule has 0 N–H and O–H groups in total. The van der Waals surface area contributed by atoms with Crippen molar-refractivity contribution in [2.75, 3.05) is 38.8 Å². The zero-order chi connectivity index (χ0) is 20.2. The maximum Gasteiger partial charge on any atom is 0.341 e. The molecule has 1 unspecified atom stereocenters. The van der Waals surface area contributed by atoms with Crippen LogP contribution in [0.4, 0.5) is 0 Å². The summed E-state index contributed by atoms with van der Waals surface area (Å²) in [5.41, 5.74) is 0.951. The first-order chi connectivity index (χ1) is 12.9. The smallest absolute Gasteiger partial charge is 0.324 e. The monoisotopic (exact) mass is 409 g/mol. The van der Waals surface area contributed by atoms with Gasteiger partial charge in [0.25, 0.3) is 0 Å². The molecular weight excluding hydrogens is 388 g/mol. The molecule has 0 fully saturated rings. The van der Waals surface area contributed by atoms with E-state index in [0.29, 0.717) is 5.30 Å². The Bertz CT molecular complexity index is 797. The first-order valence-electron chi connectivity index (χ1n) is 8.11. The van der Waals surface area contributed by atoms with Crippen LogP contribution in [0, 0.1) is 31.4 Å². The van der Waals surface area contributed by atoms with Gasteiger partial charge in [0.15, 0.2) is 0 Å². The van der Waals surface area contributed by atoms with Gasteiger partial charge >= 0.3 is 7.60 Å². The van der Waals surface area contributed by atoms with E-state index in [1.54, 1.807) is 24.3 Å². The fraction of sp³-hybridized carbons (Fsp3) is 0.471. The van der Waals surface area contributed by atoms with Crippen LogP contribution in [-0.4, -0.2) is 38.8 Å². The number of nitrogens with zero attached hydrogens (tertiary/aromatic N) is 3. The lowest BCUT2D eigenvalue weighted by Crippen LogP contribution is -2.14. The first kappa shape index (κ1) is 23.1. The Morgan fingerprint density at radius 1 is 1.00 bits per heavy atom. The van der Waals surface area contributed by atoms with E-state index in [9.17, 15) is 9.13 Å².